The first-order chi connectivity index (χ1) is 9.25. The molecular formula is C15H14NO2S+. The predicted molar refractivity (Wildman–Crippen MR) is 75.4 cm³/mol. The average Bonchev–Trinajstić information content (AvgIpc) is 2.75. The number of ether oxygens (including phenoxy) is 1. The van der Waals surface area contributed by atoms with E-state index in [0.717, 1.165) is 5.01 Å². The molecule has 3 aromatic rings. The minimum Gasteiger partial charge on any atom is -0.504 e. The molecule has 3 nitrogen and oxygen atoms in total. The number of aryl methyl sites for hydroxylation is 1. The van der Waals surface area contributed by atoms with E-state index in [2.05, 4.69) is 16.7 Å². The van der Waals surface area contributed by atoms with Crippen molar-refractivity contribution in [2.45, 2.75) is 6.61 Å². The van der Waals surface area contributed by atoms with Gasteiger partial charge < -0.3 is 9.84 Å². The molecule has 0 saturated heterocycles. The summed E-state index contributed by atoms with van der Waals surface area (Å²) < 4.78 is 9.03. The predicted octanol–water partition coefficient (Wildman–Crippen LogP) is 3.01. The third kappa shape index (κ3) is 2.27. The fraction of sp³-hybridized carbons (Fsp3) is 0.133. The van der Waals surface area contributed by atoms with E-state index in [1.54, 1.807) is 29.5 Å². The Hall–Kier alpha value is -2.07. The number of aromatic nitrogens is 1. The summed E-state index contributed by atoms with van der Waals surface area (Å²) in [5.41, 5.74) is 1.20. The van der Waals surface area contributed by atoms with Gasteiger partial charge in [-0.25, -0.2) is 0 Å². The standard InChI is InChI=1S/C15H13NO2S/c1-16-11-6-2-5-9-14(11)19-15(16)10-18-13-8-4-3-7-12(13)17/h2-9H,10H2,1H3/p+1. The minimum atomic E-state index is 0.172. The molecule has 1 heterocycles. The number of phenolic OH excluding ortho intramolecular Hbond substituents is 1. The Kier molecular flexibility index (Phi) is 3.09. The quantitative estimate of drug-likeness (QED) is 0.744. The molecule has 4 heteroatoms. The number of para-hydroxylation sites is 3. The maximum Gasteiger partial charge on any atom is 0.276 e. The molecule has 96 valence electrons. The summed E-state index contributed by atoms with van der Waals surface area (Å²) >= 11 is 1.71. The van der Waals surface area contributed by atoms with Crippen molar-refractivity contribution in [1.82, 2.24) is 0 Å². The van der Waals surface area contributed by atoms with Crippen molar-refractivity contribution in [3.05, 3.63) is 53.5 Å². The van der Waals surface area contributed by atoms with Crippen LogP contribution < -0.4 is 9.30 Å². The lowest BCUT2D eigenvalue weighted by atomic mass is 10.3. The van der Waals surface area contributed by atoms with Crippen molar-refractivity contribution in [2.24, 2.45) is 7.05 Å². The SMILES string of the molecule is C[n+]1c(COc2ccccc2O)sc2ccccc21. The number of benzene rings is 2. The van der Waals surface area contributed by atoms with Gasteiger partial charge in [-0.1, -0.05) is 35.6 Å². The number of phenols is 1. The van der Waals surface area contributed by atoms with Crippen LogP contribution >= 0.6 is 11.3 Å². The van der Waals surface area contributed by atoms with Gasteiger partial charge in [0.25, 0.3) is 5.01 Å². The summed E-state index contributed by atoms with van der Waals surface area (Å²) in [6.07, 6.45) is 0. The zero-order valence-corrected chi connectivity index (χ0v) is 11.4. The number of rotatable bonds is 3. The Morgan fingerprint density at radius 2 is 1.84 bits per heavy atom. The van der Waals surface area contributed by atoms with Crippen LogP contribution in [0.3, 0.4) is 0 Å². The Bertz CT molecular complexity index is 721. The number of aromatic hydroxyl groups is 1. The molecule has 0 aliphatic carbocycles. The zero-order valence-electron chi connectivity index (χ0n) is 10.5. The number of nitrogens with zero attached hydrogens (tertiary/aromatic N) is 1. The van der Waals surface area contributed by atoms with Crippen molar-refractivity contribution >= 4 is 21.6 Å². The number of thiazole rings is 1. The highest BCUT2D eigenvalue weighted by Crippen LogP contribution is 2.26. The molecule has 1 N–H and O–H groups in total. The largest absolute Gasteiger partial charge is 0.504 e. The van der Waals surface area contributed by atoms with Crippen molar-refractivity contribution in [3.8, 4) is 11.5 Å². The maximum atomic E-state index is 9.67. The second-order valence-electron chi connectivity index (χ2n) is 4.28. The van der Waals surface area contributed by atoms with E-state index < -0.39 is 0 Å². The van der Waals surface area contributed by atoms with E-state index >= 15 is 0 Å². The Labute approximate surface area is 115 Å². The van der Waals surface area contributed by atoms with Gasteiger partial charge in [0.2, 0.25) is 5.52 Å². The van der Waals surface area contributed by atoms with Crippen LogP contribution in [0.25, 0.3) is 10.2 Å². The highest BCUT2D eigenvalue weighted by Gasteiger charge is 2.17. The molecule has 0 aliphatic rings. The molecule has 0 unspecified atom stereocenters. The normalized spacial score (nSPS) is 10.8. The van der Waals surface area contributed by atoms with Gasteiger partial charge in [-0.15, -0.1) is 0 Å². The molecule has 0 amide bonds. The first kappa shape index (κ1) is 12.0. The molecule has 2 aromatic carbocycles. The van der Waals surface area contributed by atoms with Crippen LogP contribution in [0.15, 0.2) is 48.5 Å². The topological polar surface area (TPSA) is 33.3 Å². The molecule has 0 fully saturated rings. The van der Waals surface area contributed by atoms with Crippen LogP contribution in [-0.2, 0) is 13.7 Å². The van der Waals surface area contributed by atoms with E-state index in [4.69, 9.17) is 4.74 Å². The first-order valence-corrected chi connectivity index (χ1v) is 6.84. The number of hydrogen-bond acceptors (Lipinski definition) is 3. The van der Waals surface area contributed by atoms with Crippen LogP contribution in [-0.4, -0.2) is 5.11 Å². The van der Waals surface area contributed by atoms with Crippen LogP contribution in [0.2, 0.25) is 0 Å². The fourth-order valence-electron chi connectivity index (χ4n) is 2.00. The van der Waals surface area contributed by atoms with E-state index in [9.17, 15) is 5.11 Å². The van der Waals surface area contributed by atoms with Gasteiger partial charge in [-0.2, -0.15) is 4.57 Å². The van der Waals surface area contributed by atoms with E-state index in [0.29, 0.717) is 12.4 Å². The lowest BCUT2D eigenvalue weighted by Crippen LogP contribution is -2.31. The van der Waals surface area contributed by atoms with Crippen LogP contribution in [0, 0.1) is 0 Å². The van der Waals surface area contributed by atoms with Gasteiger partial charge in [0, 0.05) is 6.07 Å². The van der Waals surface area contributed by atoms with Gasteiger partial charge in [0.1, 0.15) is 11.7 Å². The van der Waals surface area contributed by atoms with Crippen molar-refractivity contribution < 1.29 is 14.4 Å². The summed E-state index contributed by atoms with van der Waals surface area (Å²) in [4.78, 5) is 0. The van der Waals surface area contributed by atoms with Gasteiger partial charge in [0.15, 0.2) is 18.1 Å². The van der Waals surface area contributed by atoms with Crippen LogP contribution in [0.5, 0.6) is 11.5 Å². The minimum absolute atomic E-state index is 0.172. The third-order valence-electron chi connectivity index (χ3n) is 3.04. The highest BCUT2D eigenvalue weighted by molar-refractivity contribution is 7.18. The molecule has 1 aromatic heterocycles. The molecule has 19 heavy (non-hydrogen) atoms. The molecule has 0 spiro atoms. The maximum absolute atomic E-state index is 9.67. The van der Waals surface area contributed by atoms with Crippen LogP contribution in [0.1, 0.15) is 5.01 Å². The van der Waals surface area contributed by atoms with Crippen molar-refractivity contribution in [1.29, 1.82) is 0 Å². The van der Waals surface area contributed by atoms with Crippen molar-refractivity contribution in [3.63, 3.8) is 0 Å². The lowest BCUT2D eigenvalue weighted by Gasteiger charge is -2.04. The average molecular weight is 272 g/mol. The van der Waals surface area contributed by atoms with Crippen molar-refractivity contribution in [2.75, 3.05) is 0 Å². The molecule has 0 saturated carbocycles. The summed E-state index contributed by atoms with van der Waals surface area (Å²) in [5.74, 6) is 0.686. The number of hydrogen-bond donors (Lipinski definition) is 1. The van der Waals surface area contributed by atoms with E-state index in [1.165, 1.54) is 10.2 Å². The van der Waals surface area contributed by atoms with Gasteiger partial charge in [-0.3, -0.25) is 0 Å². The summed E-state index contributed by atoms with van der Waals surface area (Å²) in [6.45, 7) is 0.452. The molecule has 0 atom stereocenters. The second-order valence-corrected chi connectivity index (χ2v) is 5.39. The molecule has 0 bridgehead atoms. The van der Waals surface area contributed by atoms with Gasteiger partial charge >= 0.3 is 0 Å². The fourth-order valence-corrected chi connectivity index (χ4v) is 3.06. The van der Waals surface area contributed by atoms with Gasteiger partial charge in [-0.05, 0) is 18.2 Å². The summed E-state index contributed by atoms with van der Waals surface area (Å²) in [6, 6.07) is 15.3. The van der Waals surface area contributed by atoms with Crippen LogP contribution in [0.4, 0.5) is 0 Å². The smallest absolute Gasteiger partial charge is 0.276 e. The van der Waals surface area contributed by atoms with Gasteiger partial charge in [0.05, 0.1) is 0 Å². The summed E-state index contributed by atoms with van der Waals surface area (Å²) in [7, 11) is 2.03. The number of fused-ring (bicyclic) bond motifs is 1. The Morgan fingerprint density at radius 3 is 2.63 bits per heavy atom. The van der Waals surface area contributed by atoms with E-state index in [-0.39, 0.29) is 5.75 Å². The molecule has 0 radical (unpaired) electrons. The lowest BCUT2D eigenvalue weighted by molar-refractivity contribution is -0.649. The highest BCUT2D eigenvalue weighted by atomic mass is 32.1. The first-order valence-electron chi connectivity index (χ1n) is 6.03. The molecule has 3 rings (SSSR count). The Morgan fingerprint density at radius 1 is 1.11 bits per heavy atom. The summed E-state index contributed by atoms with van der Waals surface area (Å²) in [5, 5.41) is 10.8. The third-order valence-corrected chi connectivity index (χ3v) is 4.24. The second kappa shape index (κ2) is 4.90. The van der Waals surface area contributed by atoms with E-state index in [1.807, 2.05) is 25.2 Å². The molecule has 0 aliphatic heterocycles. The zero-order chi connectivity index (χ0) is 13.2. The monoisotopic (exact) mass is 272 g/mol. The Balaban J connectivity index is 1.86. The molecular weight excluding hydrogens is 258 g/mol.